The van der Waals surface area contributed by atoms with Crippen molar-refractivity contribution in [2.45, 2.75) is 12.5 Å². The summed E-state index contributed by atoms with van der Waals surface area (Å²) in [4.78, 5) is 1.29. The van der Waals surface area contributed by atoms with Crippen molar-refractivity contribution >= 4 is 43.2 Å². The lowest BCUT2D eigenvalue weighted by atomic mass is 10.0. The lowest BCUT2D eigenvalue weighted by Gasteiger charge is -2.16. The smallest absolute Gasteiger partial charge is 0.137 e. The van der Waals surface area contributed by atoms with Gasteiger partial charge in [0.15, 0.2) is 0 Å². The molecule has 0 aliphatic rings. The number of nitrogens with one attached hydrogen (secondary N) is 1. The average molecular weight is 393 g/mol. The Hall–Kier alpha value is -0.230. The minimum Gasteiger partial charge on any atom is -0.313 e. The van der Waals surface area contributed by atoms with Crippen LogP contribution in [-0.4, -0.2) is 7.05 Å². The normalized spacial score (nSPS) is 12.7. The first-order valence-electron chi connectivity index (χ1n) is 5.45. The number of halogens is 3. The molecule has 0 aliphatic carbocycles. The maximum Gasteiger partial charge on any atom is 0.137 e. The molecule has 1 nitrogen and oxygen atoms in total. The van der Waals surface area contributed by atoms with Crippen molar-refractivity contribution < 1.29 is 4.39 Å². The zero-order valence-electron chi connectivity index (χ0n) is 9.71. The van der Waals surface area contributed by atoms with E-state index in [-0.39, 0.29) is 11.9 Å². The molecule has 1 unspecified atom stereocenters. The zero-order valence-corrected chi connectivity index (χ0v) is 13.7. The van der Waals surface area contributed by atoms with Crippen molar-refractivity contribution in [2.75, 3.05) is 7.05 Å². The molecule has 0 saturated carbocycles. The molecule has 96 valence electrons. The fourth-order valence-electron chi connectivity index (χ4n) is 1.78. The Morgan fingerprint density at radius 2 is 2.11 bits per heavy atom. The van der Waals surface area contributed by atoms with Crippen LogP contribution in [0.1, 0.15) is 16.5 Å². The van der Waals surface area contributed by atoms with Crippen molar-refractivity contribution in [2.24, 2.45) is 0 Å². The third-order valence-corrected chi connectivity index (χ3v) is 5.05. The molecular formula is C13H12Br2FNS. The van der Waals surface area contributed by atoms with Gasteiger partial charge in [0.2, 0.25) is 0 Å². The molecule has 2 rings (SSSR count). The standard InChI is InChI=1S/C13H12Br2FNS/c1-17-13(6-10-5-9(14)7-18-10)8-2-3-12(16)11(15)4-8/h2-5,7,13,17H,6H2,1H3. The first-order chi connectivity index (χ1) is 8.60. The highest BCUT2D eigenvalue weighted by molar-refractivity contribution is 9.10. The van der Waals surface area contributed by atoms with E-state index in [1.807, 2.05) is 19.2 Å². The van der Waals surface area contributed by atoms with Crippen LogP contribution in [0.15, 0.2) is 38.6 Å². The fraction of sp³-hybridized carbons (Fsp3) is 0.231. The topological polar surface area (TPSA) is 12.0 Å². The highest BCUT2D eigenvalue weighted by atomic mass is 79.9. The van der Waals surface area contributed by atoms with E-state index >= 15 is 0 Å². The second kappa shape index (κ2) is 6.28. The van der Waals surface area contributed by atoms with Gasteiger partial charge in [-0.2, -0.15) is 0 Å². The van der Waals surface area contributed by atoms with Gasteiger partial charge >= 0.3 is 0 Å². The maximum atomic E-state index is 13.2. The van der Waals surface area contributed by atoms with Crippen LogP contribution in [-0.2, 0) is 6.42 Å². The maximum absolute atomic E-state index is 13.2. The van der Waals surface area contributed by atoms with Gasteiger partial charge in [-0.25, -0.2) is 4.39 Å². The van der Waals surface area contributed by atoms with Gasteiger partial charge in [-0.15, -0.1) is 11.3 Å². The molecule has 2 aromatic rings. The lowest BCUT2D eigenvalue weighted by Crippen LogP contribution is -2.18. The molecule has 0 saturated heterocycles. The number of thiophene rings is 1. The van der Waals surface area contributed by atoms with Gasteiger partial charge < -0.3 is 5.32 Å². The molecule has 1 aromatic heterocycles. The SMILES string of the molecule is CNC(Cc1cc(Br)cs1)c1ccc(F)c(Br)c1. The number of hydrogen-bond donors (Lipinski definition) is 1. The van der Waals surface area contributed by atoms with Gasteiger partial charge in [-0.1, -0.05) is 6.07 Å². The molecule has 1 N–H and O–H groups in total. The van der Waals surface area contributed by atoms with Crippen LogP contribution in [0.5, 0.6) is 0 Å². The number of benzene rings is 1. The van der Waals surface area contributed by atoms with E-state index in [1.54, 1.807) is 11.3 Å². The van der Waals surface area contributed by atoms with E-state index in [0.29, 0.717) is 4.47 Å². The van der Waals surface area contributed by atoms with Crippen molar-refractivity contribution in [3.05, 3.63) is 54.8 Å². The third kappa shape index (κ3) is 3.41. The number of likely N-dealkylation sites (N-methyl/N-ethyl adjacent to an activating group) is 1. The summed E-state index contributed by atoms with van der Waals surface area (Å²) in [5.74, 6) is -0.229. The molecule has 0 radical (unpaired) electrons. The Morgan fingerprint density at radius 3 is 2.67 bits per heavy atom. The van der Waals surface area contributed by atoms with E-state index < -0.39 is 0 Å². The van der Waals surface area contributed by atoms with Gasteiger partial charge in [0.05, 0.1) is 4.47 Å². The second-order valence-electron chi connectivity index (χ2n) is 3.95. The van der Waals surface area contributed by atoms with Gasteiger partial charge in [0, 0.05) is 27.2 Å². The molecule has 1 heterocycles. The molecule has 0 amide bonds. The van der Waals surface area contributed by atoms with E-state index in [9.17, 15) is 4.39 Å². The van der Waals surface area contributed by atoms with Gasteiger partial charge in [0.25, 0.3) is 0 Å². The average Bonchev–Trinajstić information content (AvgIpc) is 2.75. The number of rotatable bonds is 4. The van der Waals surface area contributed by atoms with E-state index in [0.717, 1.165) is 16.5 Å². The molecule has 1 aromatic carbocycles. The Labute approximate surface area is 127 Å². The minimum absolute atomic E-state index is 0.187. The Kier molecular flexibility index (Phi) is 4.95. The number of hydrogen-bond acceptors (Lipinski definition) is 2. The first-order valence-corrected chi connectivity index (χ1v) is 7.92. The summed E-state index contributed by atoms with van der Waals surface area (Å²) in [6, 6.07) is 7.46. The monoisotopic (exact) mass is 391 g/mol. The van der Waals surface area contributed by atoms with Crippen LogP contribution < -0.4 is 5.32 Å². The van der Waals surface area contributed by atoms with E-state index in [2.05, 4.69) is 48.6 Å². The summed E-state index contributed by atoms with van der Waals surface area (Å²) in [6.07, 6.45) is 0.894. The molecule has 0 fully saturated rings. The summed E-state index contributed by atoms with van der Waals surface area (Å²) in [5.41, 5.74) is 1.08. The van der Waals surface area contributed by atoms with E-state index in [1.165, 1.54) is 10.9 Å². The summed E-state index contributed by atoms with van der Waals surface area (Å²) in [6.45, 7) is 0. The first kappa shape index (κ1) is 14.2. The summed E-state index contributed by atoms with van der Waals surface area (Å²) < 4.78 is 14.8. The highest BCUT2D eigenvalue weighted by Gasteiger charge is 2.13. The predicted molar refractivity (Wildman–Crippen MR) is 81.6 cm³/mol. The van der Waals surface area contributed by atoms with Crippen LogP contribution in [0, 0.1) is 5.82 Å². The van der Waals surface area contributed by atoms with Crippen LogP contribution in [0.25, 0.3) is 0 Å². The predicted octanol–water partition coefficient (Wildman–Crippen LogP) is 4.92. The Balaban J connectivity index is 2.19. The summed E-state index contributed by atoms with van der Waals surface area (Å²) >= 11 is 8.40. The van der Waals surface area contributed by atoms with Crippen LogP contribution in [0.2, 0.25) is 0 Å². The van der Waals surface area contributed by atoms with Crippen molar-refractivity contribution in [1.29, 1.82) is 0 Å². The van der Waals surface area contributed by atoms with Gasteiger partial charge in [-0.3, -0.25) is 0 Å². The molecular weight excluding hydrogens is 381 g/mol. The molecule has 0 aliphatic heterocycles. The summed E-state index contributed by atoms with van der Waals surface area (Å²) in [7, 11) is 1.92. The van der Waals surface area contributed by atoms with Crippen LogP contribution in [0.4, 0.5) is 4.39 Å². The van der Waals surface area contributed by atoms with Crippen LogP contribution in [0.3, 0.4) is 0 Å². The van der Waals surface area contributed by atoms with E-state index in [4.69, 9.17) is 0 Å². The second-order valence-corrected chi connectivity index (χ2v) is 6.72. The molecule has 0 bridgehead atoms. The van der Waals surface area contributed by atoms with Crippen molar-refractivity contribution in [3.63, 3.8) is 0 Å². The van der Waals surface area contributed by atoms with Crippen molar-refractivity contribution in [1.82, 2.24) is 5.32 Å². The third-order valence-electron chi connectivity index (χ3n) is 2.72. The molecule has 1 atom stereocenters. The molecule has 18 heavy (non-hydrogen) atoms. The minimum atomic E-state index is -0.229. The van der Waals surface area contributed by atoms with Crippen LogP contribution >= 0.6 is 43.2 Å². The zero-order chi connectivity index (χ0) is 13.1. The molecule has 5 heteroatoms. The fourth-order valence-corrected chi connectivity index (χ4v) is 3.67. The Morgan fingerprint density at radius 1 is 1.33 bits per heavy atom. The van der Waals surface area contributed by atoms with Crippen molar-refractivity contribution in [3.8, 4) is 0 Å². The largest absolute Gasteiger partial charge is 0.313 e. The lowest BCUT2D eigenvalue weighted by molar-refractivity contribution is 0.587. The molecule has 0 spiro atoms. The Bertz CT molecular complexity index is 542. The highest BCUT2D eigenvalue weighted by Crippen LogP contribution is 2.27. The van der Waals surface area contributed by atoms with Gasteiger partial charge in [-0.05, 0) is 62.7 Å². The quantitative estimate of drug-likeness (QED) is 0.778. The summed E-state index contributed by atoms with van der Waals surface area (Å²) in [5, 5.41) is 5.34. The van der Waals surface area contributed by atoms with Gasteiger partial charge in [0.1, 0.15) is 5.82 Å².